The van der Waals surface area contributed by atoms with Crippen molar-refractivity contribution in [2.75, 3.05) is 26.4 Å². The lowest BCUT2D eigenvalue weighted by molar-refractivity contribution is 0.0292. The first kappa shape index (κ1) is 12.0. The van der Waals surface area contributed by atoms with Crippen molar-refractivity contribution in [2.24, 2.45) is 0 Å². The smallest absolute Gasteiger partial charge is 0.493 e. The van der Waals surface area contributed by atoms with Crippen LogP contribution in [-0.2, 0) is 22.8 Å². The summed E-state index contributed by atoms with van der Waals surface area (Å²) >= 11 is 0. The topological polar surface area (TPSA) is 54.0 Å². The zero-order valence-corrected chi connectivity index (χ0v) is 10.4. The van der Waals surface area contributed by atoms with Crippen LogP contribution in [0.3, 0.4) is 0 Å². The molecule has 2 aliphatic rings. The van der Waals surface area contributed by atoms with Gasteiger partial charge in [-0.1, -0.05) is 0 Å². The predicted octanol–water partition coefficient (Wildman–Crippen LogP) is 0.793. The number of hydrogen-bond acceptors (Lipinski definition) is 5. The van der Waals surface area contributed by atoms with Crippen molar-refractivity contribution in [3.8, 4) is 0 Å². The number of rotatable bonds is 6. The number of hydrogen-bond donors (Lipinski definition) is 0. The minimum Gasteiger partial charge on any atom is -0.493 e. The van der Waals surface area contributed by atoms with Crippen molar-refractivity contribution in [2.45, 2.75) is 37.9 Å². The lowest BCUT2D eigenvalue weighted by atomic mass is 10.2. The summed E-state index contributed by atoms with van der Waals surface area (Å²) in [7, 11) is -2.37. The fourth-order valence-electron chi connectivity index (χ4n) is 1.92. The summed E-state index contributed by atoms with van der Waals surface area (Å²) < 4.78 is 32.4. The van der Waals surface area contributed by atoms with Crippen molar-refractivity contribution >= 4 is 9.17 Å². The molecule has 2 heterocycles. The van der Waals surface area contributed by atoms with Crippen molar-refractivity contribution in [3.63, 3.8) is 0 Å². The molecule has 16 heavy (non-hydrogen) atoms. The van der Waals surface area contributed by atoms with Crippen LogP contribution in [0, 0.1) is 0 Å². The molecule has 0 aromatic heterocycles. The van der Waals surface area contributed by atoms with Gasteiger partial charge in [-0.2, -0.15) is 0 Å². The quantitative estimate of drug-likeness (QED) is 0.649. The molecule has 6 heteroatoms. The molecular formula is C10H18O5Si. The summed E-state index contributed by atoms with van der Waals surface area (Å²) in [6, 6.07) is 0. The van der Waals surface area contributed by atoms with Gasteiger partial charge in [0.05, 0.1) is 12.2 Å². The minimum absolute atomic E-state index is 0.0975. The van der Waals surface area contributed by atoms with E-state index in [0.717, 1.165) is 38.9 Å². The normalized spacial score (nSPS) is 29.2. The highest BCUT2D eigenvalue weighted by Gasteiger charge is 2.22. The maximum Gasteiger partial charge on any atom is 0.767 e. The molecule has 2 aliphatic heterocycles. The Bertz CT molecular complexity index is 201. The Labute approximate surface area is 96.9 Å². The molecule has 2 rings (SSSR count). The van der Waals surface area contributed by atoms with E-state index in [-0.39, 0.29) is 12.2 Å². The summed E-state index contributed by atoms with van der Waals surface area (Å²) in [6.45, 7) is 2.32. The van der Waals surface area contributed by atoms with Crippen LogP contribution < -0.4 is 0 Å². The lowest BCUT2D eigenvalue weighted by Gasteiger charge is -2.12. The molecule has 0 radical (unpaired) electrons. The maximum absolute atomic E-state index is 11.4. The second-order valence-electron chi connectivity index (χ2n) is 4.14. The van der Waals surface area contributed by atoms with Gasteiger partial charge < -0.3 is 18.3 Å². The van der Waals surface area contributed by atoms with Crippen molar-refractivity contribution in [1.82, 2.24) is 0 Å². The van der Waals surface area contributed by atoms with E-state index >= 15 is 0 Å². The Morgan fingerprint density at radius 3 is 1.88 bits per heavy atom. The molecule has 0 spiro atoms. The Hall–Kier alpha value is -0.463. The Morgan fingerprint density at radius 2 is 1.50 bits per heavy atom. The van der Waals surface area contributed by atoms with Crippen LogP contribution in [0.4, 0.5) is 0 Å². The molecular weight excluding hydrogens is 228 g/mol. The highest BCUT2D eigenvalue weighted by molar-refractivity contribution is 6.26. The molecule has 0 saturated carbocycles. The van der Waals surface area contributed by atoms with Gasteiger partial charge >= 0.3 is 9.17 Å². The van der Waals surface area contributed by atoms with Gasteiger partial charge in [0, 0.05) is 13.2 Å². The van der Waals surface area contributed by atoms with Crippen molar-refractivity contribution in [1.29, 1.82) is 0 Å². The van der Waals surface area contributed by atoms with Gasteiger partial charge in [0.15, 0.2) is 0 Å². The van der Waals surface area contributed by atoms with Crippen LogP contribution in [0.25, 0.3) is 0 Å². The molecule has 2 fully saturated rings. The molecule has 0 amide bonds. The SMILES string of the molecule is O=[Si](OCC1CCCO1)OCC1CCCO1. The van der Waals surface area contributed by atoms with E-state index in [4.69, 9.17) is 18.3 Å². The highest BCUT2D eigenvalue weighted by Crippen LogP contribution is 2.13. The van der Waals surface area contributed by atoms with Gasteiger partial charge in [0.25, 0.3) is 0 Å². The molecule has 0 aromatic rings. The van der Waals surface area contributed by atoms with E-state index in [2.05, 4.69) is 0 Å². The third-order valence-electron chi connectivity index (χ3n) is 2.82. The first-order valence-corrected chi connectivity index (χ1v) is 7.10. The fourth-order valence-corrected chi connectivity index (χ4v) is 2.64. The van der Waals surface area contributed by atoms with E-state index in [1.54, 1.807) is 0 Å². The second-order valence-corrected chi connectivity index (χ2v) is 5.22. The first-order chi connectivity index (χ1) is 7.84. The zero-order chi connectivity index (χ0) is 11.2. The Balaban J connectivity index is 1.53. The van der Waals surface area contributed by atoms with Crippen LogP contribution in [0.1, 0.15) is 25.7 Å². The van der Waals surface area contributed by atoms with Gasteiger partial charge in [0.2, 0.25) is 0 Å². The molecule has 0 aromatic carbocycles. The molecule has 2 unspecified atom stereocenters. The lowest BCUT2D eigenvalue weighted by Crippen LogP contribution is -2.24. The molecule has 5 nitrogen and oxygen atoms in total. The van der Waals surface area contributed by atoms with E-state index in [0.29, 0.717) is 13.2 Å². The summed E-state index contributed by atoms with van der Waals surface area (Å²) in [4.78, 5) is 0. The predicted molar refractivity (Wildman–Crippen MR) is 56.3 cm³/mol. The second kappa shape index (κ2) is 6.32. The summed E-state index contributed by atoms with van der Waals surface area (Å²) in [6.07, 6.45) is 4.29. The standard InChI is InChI=1S/C10H18O5Si/c11-16(14-7-9-3-1-5-12-9)15-8-10-4-2-6-13-10/h9-10H,1-8H2. The van der Waals surface area contributed by atoms with Gasteiger partial charge in [0.1, 0.15) is 13.2 Å². The maximum atomic E-state index is 11.4. The van der Waals surface area contributed by atoms with Crippen LogP contribution >= 0.6 is 0 Å². The van der Waals surface area contributed by atoms with Crippen molar-refractivity contribution in [3.05, 3.63) is 0 Å². The monoisotopic (exact) mass is 246 g/mol. The van der Waals surface area contributed by atoms with Crippen molar-refractivity contribution < 1.29 is 22.8 Å². The molecule has 92 valence electrons. The van der Waals surface area contributed by atoms with Crippen LogP contribution in [-0.4, -0.2) is 47.8 Å². The third kappa shape index (κ3) is 3.84. The van der Waals surface area contributed by atoms with Crippen LogP contribution in [0.2, 0.25) is 0 Å². The molecule has 0 aliphatic carbocycles. The third-order valence-corrected chi connectivity index (χ3v) is 3.63. The summed E-state index contributed by atoms with van der Waals surface area (Å²) in [5.41, 5.74) is 0. The van der Waals surface area contributed by atoms with Gasteiger partial charge in [-0.15, -0.1) is 0 Å². The average molecular weight is 246 g/mol. The Morgan fingerprint density at radius 1 is 1.00 bits per heavy atom. The number of ether oxygens (including phenoxy) is 2. The van der Waals surface area contributed by atoms with Crippen LogP contribution in [0.15, 0.2) is 0 Å². The van der Waals surface area contributed by atoms with E-state index in [1.165, 1.54) is 0 Å². The van der Waals surface area contributed by atoms with E-state index in [1.807, 2.05) is 0 Å². The van der Waals surface area contributed by atoms with Gasteiger partial charge in [-0.05, 0) is 25.7 Å². The molecule has 0 bridgehead atoms. The summed E-state index contributed by atoms with van der Waals surface area (Å²) in [5, 5.41) is 0. The highest BCUT2D eigenvalue weighted by atomic mass is 28.3. The van der Waals surface area contributed by atoms with Gasteiger partial charge in [-0.25, -0.2) is 0 Å². The average Bonchev–Trinajstić information content (AvgIpc) is 2.96. The Kier molecular flexibility index (Phi) is 4.74. The molecule has 2 atom stereocenters. The zero-order valence-electron chi connectivity index (χ0n) is 9.35. The summed E-state index contributed by atoms with van der Waals surface area (Å²) in [5.74, 6) is 0. The molecule has 2 saturated heterocycles. The minimum atomic E-state index is -2.37. The largest absolute Gasteiger partial charge is 0.767 e. The molecule has 0 N–H and O–H groups in total. The van der Waals surface area contributed by atoms with Gasteiger partial charge in [-0.3, -0.25) is 4.46 Å². The van der Waals surface area contributed by atoms with Crippen LogP contribution in [0.5, 0.6) is 0 Å². The van der Waals surface area contributed by atoms with E-state index in [9.17, 15) is 4.46 Å². The van der Waals surface area contributed by atoms with E-state index < -0.39 is 9.17 Å². The fraction of sp³-hybridized carbons (Fsp3) is 1.00. The first-order valence-electron chi connectivity index (χ1n) is 5.87.